The zero-order valence-corrected chi connectivity index (χ0v) is 17.1. The van der Waals surface area contributed by atoms with Gasteiger partial charge < -0.3 is 5.32 Å². The average Bonchev–Trinajstić information content (AvgIpc) is 3.51. The number of halogens is 1. The Labute approximate surface area is 176 Å². The highest BCUT2D eigenvalue weighted by atomic mass is 19.1. The average molecular weight is 410 g/mol. The zero-order valence-electron chi connectivity index (χ0n) is 17.1. The van der Waals surface area contributed by atoms with Crippen LogP contribution in [0.2, 0.25) is 0 Å². The first-order valence-electron chi connectivity index (χ1n) is 10.9. The molecule has 0 atom stereocenters. The van der Waals surface area contributed by atoms with Crippen molar-refractivity contribution in [1.29, 1.82) is 5.26 Å². The van der Waals surface area contributed by atoms with Crippen LogP contribution >= 0.6 is 0 Å². The molecule has 0 unspecified atom stereocenters. The van der Waals surface area contributed by atoms with Gasteiger partial charge >= 0.3 is 6.03 Å². The largest absolute Gasteiger partial charge is 0.338 e. The number of amides is 2. The molecule has 6 nitrogen and oxygen atoms in total. The number of hydrogen-bond donors (Lipinski definition) is 2. The molecular weight excluding hydrogens is 381 g/mol. The van der Waals surface area contributed by atoms with Gasteiger partial charge in [-0.25, -0.2) is 13.9 Å². The summed E-state index contributed by atoms with van der Waals surface area (Å²) in [6.07, 6.45) is 12.0. The third-order valence-electron chi connectivity index (χ3n) is 6.69. The van der Waals surface area contributed by atoms with Gasteiger partial charge in [-0.1, -0.05) is 57.4 Å². The van der Waals surface area contributed by atoms with Crippen molar-refractivity contribution in [2.24, 2.45) is 17.8 Å². The van der Waals surface area contributed by atoms with E-state index in [0.717, 1.165) is 11.8 Å². The van der Waals surface area contributed by atoms with Gasteiger partial charge in [-0.15, -0.1) is 5.10 Å². The Morgan fingerprint density at radius 1 is 1.17 bits per heavy atom. The fourth-order valence-corrected chi connectivity index (χ4v) is 5.20. The highest BCUT2D eigenvalue weighted by Crippen LogP contribution is 2.41. The minimum absolute atomic E-state index is 0.0763. The summed E-state index contributed by atoms with van der Waals surface area (Å²) in [4.78, 5) is 12.5. The van der Waals surface area contributed by atoms with E-state index in [1.807, 2.05) is 6.07 Å². The molecule has 1 aromatic carbocycles. The summed E-state index contributed by atoms with van der Waals surface area (Å²) in [6.45, 7) is 0.699. The fraction of sp³-hybridized carbons (Fsp3) is 0.522. The Kier molecular flexibility index (Phi) is 6.32. The van der Waals surface area contributed by atoms with Crippen molar-refractivity contribution in [3.05, 3.63) is 41.8 Å². The summed E-state index contributed by atoms with van der Waals surface area (Å²) in [5, 5.41) is 19.3. The second-order valence-electron chi connectivity index (χ2n) is 8.48. The lowest BCUT2D eigenvalue weighted by atomic mass is 9.79. The van der Waals surface area contributed by atoms with E-state index in [2.05, 4.69) is 15.7 Å². The van der Waals surface area contributed by atoms with E-state index in [1.165, 1.54) is 68.2 Å². The molecule has 0 bridgehead atoms. The number of nitrogens with one attached hydrogen (secondary N) is 2. The Hall–Kier alpha value is -2.88. The molecule has 2 saturated carbocycles. The van der Waals surface area contributed by atoms with E-state index in [4.69, 9.17) is 0 Å². The number of carbonyl (C=O) groups is 1. The van der Waals surface area contributed by atoms with Crippen molar-refractivity contribution < 1.29 is 9.18 Å². The van der Waals surface area contributed by atoms with E-state index in [0.29, 0.717) is 24.0 Å². The molecule has 2 aliphatic carbocycles. The molecule has 0 saturated heterocycles. The predicted molar refractivity (Wildman–Crippen MR) is 113 cm³/mol. The molecule has 2 amide bonds. The van der Waals surface area contributed by atoms with Crippen LogP contribution in [0.15, 0.2) is 30.5 Å². The molecule has 158 valence electrons. The van der Waals surface area contributed by atoms with Crippen LogP contribution in [0.3, 0.4) is 0 Å². The SMILES string of the molecule is N#Cc1c(F)cccc1-n1ccc(NC(=O)NCC(C2CCCC2)C2CCCC2)n1. The zero-order chi connectivity index (χ0) is 20.9. The third kappa shape index (κ3) is 4.48. The Morgan fingerprint density at radius 2 is 1.83 bits per heavy atom. The number of rotatable bonds is 6. The maximum atomic E-state index is 13.8. The number of nitriles is 1. The van der Waals surface area contributed by atoms with Gasteiger partial charge in [-0.05, 0) is 29.9 Å². The number of hydrogen-bond acceptors (Lipinski definition) is 3. The molecule has 2 aromatic rings. The van der Waals surface area contributed by atoms with E-state index in [9.17, 15) is 14.4 Å². The van der Waals surface area contributed by atoms with Crippen molar-refractivity contribution >= 4 is 11.8 Å². The smallest absolute Gasteiger partial charge is 0.320 e. The Morgan fingerprint density at radius 3 is 2.47 bits per heavy atom. The minimum atomic E-state index is -0.595. The second kappa shape index (κ2) is 9.29. The predicted octanol–water partition coefficient (Wildman–Crippen LogP) is 5.00. The van der Waals surface area contributed by atoms with Gasteiger partial charge in [0.05, 0.1) is 5.69 Å². The standard InChI is InChI=1S/C23H28FN5O/c24-20-10-5-11-21(18(20)14-25)29-13-12-22(28-29)27-23(30)26-15-19(16-6-1-2-7-16)17-8-3-4-9-17/h5,10-13,16-17,19H,1-4,6-9,15H2,(H2,26,27,28,30). The molecule has 0 spiro atoms. The first-order chi connectivity index (χ1) is 14.7. The highest BCUT2D eigenvalue weighted by molar-refractivity contribution is 5.88. The van der Waals surface area contributed by atoms with Crippen LogP contribution in [0, 0.1) is 34.9 Å². The molecule has 2 N–H and O–H groups in total. The minimum Gasteiger partial charge on any atom is -0.338 e. The summed E-state index contributed by atoms with van der Waals surface area (Å²) < 4.78 is 15.2. The quantitative estimate of drug-likeness (QED) is 0.704. The molecule has 1 heterocycles. The monoisotopic (exact) mass is 409 g/mol. The summed E-state index contributed by atoms with van der Waals surface area (Å²) >= 11 is 0. The van der Waals surface area contributed by atoms with Gasteiger partial charge in [0.1, 0.15) is 17.4 Å². The normalized spacial score (nSPS) is 17.4. The van der Waals surface area contributed by atoms with Crippen LogP contribution in [-0.2, 0) is 0 Å². The van der Waals surface area contributed by atoms with Gasteiger partial charge in [0.25, 0.3) is 0 Å². The van der Waals surface area contributed by atoms with E-state index >= 15 is 0 Å². The van der Waals surface area contributed by atoms with E-state index in [-0.39, 0.29) is 11.6 Å². The third-order valence-corrected chi connectivity index (χ3v) is 6.69. The number of nitrogens with zero attached hydrogens (tertiary/aromatic N) is 3. The van der Waals surface area contributed by atoms with Crippen molar-refractivity contribution in [1.82, 2.24) is 15.1 Å². The number of aromatic nitrogens is 2. The topological polar surface area (TPSA) is 82.7 Å². The highest BCUT2D eigenvalue weighted by Gasteiger charge is 2.33. The Bertz CT molecular complexity index is 906. The molecule has 1 aromatic heterocycles. The van der Waals surface area contributed by atoms with Crippen LogP contribution in [0.4, 0.5) is 15.0 Å². The number of anilines is 1. The lowest BCUT2D eigenvalue weighted by Crippen LogP contribution is -2.37. The van der Waals surface area contributed by atoms with Gasteiger partial charge in [0.2, 0.25) is 0 Å². The molecule has 2 aliphatic rings. The van der Waals surface area contributed by atoms with Crippen LogP contribution in [0.5, 0.6) is 0 Å². The molecular formula is C23H28FN5O. The second-order valence-corrected chi connectivity index (χ2v) is 8.48. The van der Waals surface area contributed by atoms with Gasteiger partial charge in [0, 0.05) is 18.8 Å². The van der Waals surface area contributed by atoms with Crippen molar-refractivity contribution in [2.75, 3.05) is 11.9 Å². The molecule has 30 heavy (non-hydrogen) atoms. The molecule has 4 rings (SSSR count). The first-order valence-corrected chi connectivity index (χ1v) is 10.9. The molecule has 0 radical (unpaired) electrons. The number of benzene rings is 1. The maximum Gasteiger partial charge on any atom is 0.320 e. The van der Waals surface area contributed by atoms with Gasteiger partial charge in [0.15, 0.2) is 5.82 Å². The van der Waals surface area contributed by atoms with Crippen LogP contribution in [-0.4, -0.2) is 22.4 Å². The van der Waals surface area contributed by atoms with E-state index in [1.54, 1.807) is 18.3 Å². The molecule has 0 aliphatic heterocycles. The van der Waals surface area contributed by atoms with Gasteiger partial charge in [-0.2, -0.15) is 5.26 Å². The summed E-state index contributed by atoms with van der Waals surface area (Å²) in [5.41, 5.74) is 0.265. The van der Waals surface area contributed by atoms with Crippen LogP contribution in [0.25, 0.3) is 5.69 Å². The fourth-order valence-electron chi connectivity index (χ4n) is 5.20. The lowest BCUT2D eigenvalue weighted by Gasteiger charge is -2.29. The summed E-state index contributed by atoms with van der Waals surface area (Å²) in [5.74, 6) is 1.78. The Balaban J connectivity index is 1.37. The van der Waals surface area contributed by atoms with Crippen molar-refractivity contribution in [2.45, 2.75) is 51.4 Å². The first kappa shape index (κ1) is 20.4. The molecule has 7 heteroatoms. The van der Waals surface area contributed by atoms with Crippen LogP contribution < -0.4 is 10.6 Å². The molecule has 2 fully saturated rings. The van der Waals surface area contributed by atoms with Crippen molar-refractivity contribution in [3.63, 3.8) is 0 Å². The van der Waals surface area contributed by atoms with Crippen molar-refractivity contribution in [3.8, 4) is 11.8 Å². The lowest BCUT2D eigenvalue weighted by molar-refractivity contribution is 0.216. The van der Waals surface area contributed by atoms with E-state index < -0.39 is 5.82 Å². The summed E-state index contributed by atoms with van der Waals surface area (Å²) in [6, 6.07) is 7.61. The maximum absolute atomic E-state index is 13.8. The summed E-state index contributed by atoms with van der Waals surface area (Å²) in [7, 11) is 0. The van der Waals surface area contributed by atoms with Crippen LogP contribution in [0.1, 0.15) is 56.9 Å². The number of urea groups is 1. The van der Waals surface area contributed by atoms with Gasteiger partial charge in [-0.3, -0.25) is 5.32 Å². The number of carbonyl (C=O) groups excluding carboxylic acids is 1.